The number of aliphatic hydroxyl groups is 1. The number of para-hydroxylation sites is 1. The van der Waals surface area contributed by atoms with E-state index < -0.39 is 0 Å². The molecule has 0 aliphatic carbocycles. The molecule has 4 nitrogen and oxygen atoms in total. The maximum Gasteiger partial charge on any atom is 0.124 e. The van der Waals surface area contributed by atoms with Crippen LogP contribution in [0.25, 0.3) is 0 Å². The maximum absolute atomic E-state index is 9.87. The Hall–Kier alpha value is -2.20. The number of nitrogens with one attached hydrogen (secondary N) is 1. The molecule has 0 aliphatic heterocycles. The number of hydrogen-bond donors (Lipinski definition) is 3. The van der Waals surface area contributed by atoms with Gasteiger partial charge >= 0.3 is 0 Å². The summed E-state index contributed by atoms with van der Waals surface area (Å²) >= 11 is 0. The van der Waals surface area contributed by atoms with E-state index in [4.69, 9.17) is 4.74 Å². The summed E-state index contributed by atoms with van der Waals surface area (Å²) in [4.78, 5) is 0. The molecule has 4 heteroatoms. The Labute approximate surface area is 125 Å². The van der Waals surface area contributed by atoms with E-state index in [1.807, 2.05) is 44.2 Å². The van der Waals surface area contributed by atoms with Crippen LogP contribution < -0.4 is 10.1 Å². The van der Waals surface area contributed by atoms with Crippen LogP contribution in [-0.4, -0.2) is 16.8 Å². The summed E-state index contributed by atoms with van der Waals surface area (Å²) in [7, 11) is 0. The van der Waals surface area contributed by atoms with Crippen molar-refractivity contribution in [1.82, 2.24) is 0 Å². The van der Waals surface area contributed by atoms with Gasteiger partial charge in [-0.2, -0.15) is 0 Å². The molecule has 0 fully saturated rings. The molecular formula is C17H21NO3. The molecule has 0 aromatic heterocycles. The van der Waals surface area contributed by atoms with Crippen molar-refractivity contribution in [2.45, 2.75) is 26.5 Å². The number of phenolic OH excluding ortho intramolecular Hbond substituents is 1. The molecule has 112 valence electrons. The second kappa shape index (κ2) is 6.99. The molecule has 0 radical (unpaired) electrons. The van der Waals surface area contributed by atoms with Gasteiger partial charge in [0.2, 0.25) is 0 Å². The van der Waals surface area contributed by atoms with E-state index in [2.05, 4.69) is 5.32 Å². The summed E-state index contributed by atoms with van der Waals surface area (Å²) in [6.45, 7) is 4.38. The van der Waals surface area contributed by atoms with Gasteiger partial charge in [-0.25, -0.2) is 0 Å². The van der Waals surface area contributed by atoms with Gasteiger partial charge in [0.05, 0.1) is 19.3 Å². The largest absolute Gasteiger partial charge is 0.508 e. The molecular weight excluding hydrogens is 266 g/mol. The molecule has 0 saturated heterocycles. The Kier molecular flexibility index (Phi) is 5.06. The molecule has 0 saturated carbocycles. The van der Waals surface area contributed by atoms with E-state index in [0.29, 0.717) is 12.4 Å². The first-order valence-electron chi connectivity index (χ1n) is 7.06. The summed E-state index contributed by atoms with van der Waals surface area (Å²) in [5.74, 6) is 0.964. The zero-order valence-electron chi connectivity index (χ0n) is 12.3. The molecule has 0 amide bonds. The highest BCUT2D eigenvalue weighted by atomic mass is 16.5. The van der Waals surface area contributed by atoms with Crippen LogP contribution in [0, 0.1) is 0 Å². The molecule has 21 heavy (non-hydrogen) atoms. The molecule has 1 atom stereocenters. The van der Waals surface area contributed by atoms with E-state index in [0.717, 1.165) is 16.8 Å². The fourth-order valence-corrected chi connectivity index (χ4v) is 2.27. The highest BCUT2D eigenvalue weighted by Crippen LogP contribution is 2.29. The van der Waals surface area contributed by atoms with Crippen molar-refractivity contribution in [1.29, 1.82) is 0 Å². The first-order valence-corrected chi connectivity index (χ1v) is 7.06. The van der Waals surface area contributed by atoms with E-state index in [9.17, 15) is 10.2 Å². The van der Waals surface area contributed by atoms with E-state index >= 15 is 0 Å². The minimum absolute atomic E-state index is 0.0457. The smallest absolute Gasteiger partial charge is 0.124 e. The van der Waals surface area contributed by atoms with Crippen molar-refractivity contribution in [3.63, 3.8) is 0 Å². The van der Waals surface area contributed by atoms with E-state index in [1.54, 1.807) is 12.1 Å². The lowest BCUT2D eigenvalue weighted by molar-refractivity contribution is 0.267. The predicted octanol–water partition coefficient (Wildman–Crippen LogP) is 3.46. The second-order valence-electron chi connectivity index (χ2n) is 4.84. The quantitative estimate of drug-likeness (QED) is 0.761. The number of benzene rings is 2. The van der Waals surface area contributed by atoms with Crippen molar-refractivity contribution in [3.05, 3.63) is 53.6 Å². The predicted molar refractivity (Wildman–Crippen MR) is 83.7 cm³/mol. The number of hydrogen-bond acceptors (Lipinski definition) is 4. The second-order valence-corrected chi connectivity index (χ2v) is 4.84. The van der Waals surface area contributed by atoms with Gasteiger partial charge in [0.15, 0.2) is 0 Å². The van der Waals surface area contributed by atoms with Crippen LogP contribution in [0.2, 0.25) is 0 Å². The van der Waals surface area contributed by atoms with Crippen molar-refractivity contribution in [3.8, 4) is 11.5 Å². The van der Waals surface area contributed by atoms with Gasteiger partial charge in [0.25, 0.3) is 0 Å². The third-order valence-corrected chi connectivity index (χ3v) is 3.32. The average molecular weight is 287 g/mol. The van der Waals surface area contributed by atoms with Crippen molar-refractivity contribution >= 4 is 5.69 Å². The van der Waals surface area contributed by atoms with Gasteiger partial charge in [0.1, 0.15) is 11.5 Å². The molecule has 0 spiro atoms. The Morgan fingerprint density at radius 3 is 2.62 bits per heavy atom. The minimum atomic E-state index is -0.0736. The standard InChI is InChI=1S/C17H21NO3/c1-3-21-17-9-8-14(10-13(17)11-19)18-12(2)15-6-4-5-7-16(15)20/h4-10,12,18-20H,3,11H2,1-2H3. The monoisotopic (exact) mass is 287 g/mol. The molecule has 2 aromatic rings. The number of phenols is 1. The Bertz CT molecular complexity index is 598. The van der Waals surface area contributed by atoms with Gasteiger partial charge in [-0.15, -0.1) is 0 Å². The SMILES string of the molecule is CCOc1ccc(NC(C)c2ccccc2O)cc1CO. The average Bonchev–Trinajstić information content (AvgIpc) is 2.49. The minimum Gasteiger partial charge on any atom is -0.508 e. The van der Waals surface area contributed by atoms with Gasteiger partial charge < -0.3 is 20.3 Å². The van der Waals surface area contributed by atoms with Gasteiger partial charge in [-0.05, 0) is 38.1 Å². The maximum atomic E-state index is 9.87. The molecule has 2 rings (SSSR count). The summed E-state index contributed by atoms with van der Waals surface area (Å²) in [6.07, 6.45) is 0. The van der Waals surface area contributed by atoms with Crippen LogP contribution in [-0.2, 0) is 6.61 Å². The fourth-order valence-electron chi connectivity index (χ4n) is 2.27. The lowest BCUT2D eigenvalue weighted by atomic mass is 10.1. The van der Waals surface area contributed by atoms with Crippen LogP contribution in [0.3, 0.4) is 0 Å². The van der Waals surface area contributed by atoms with Crippen LogP contribution in [0.5, 0.6) is 11.5 Å². The molecule has 3 N–H and O–H groups in total. The molecule has 0 bridgehead atoms. The fraction of sp³-hybridized carbons (Fsp3) is 0.294. The number of anilines is 1. The van der Waals surface area contributed by atoms with E-state index in [-0.39, 0.29) is 18.4 Å². The van der Waals surface area contributed by atoms with Gasteiger partial charge in [-0.1, -0.05) is 18.2 Å². The Morgan fingerprint density at radius 1 is 1.19 bits per heavy atom. The number of ether oxygens (including phenoxy) is 1. The van der Waals surface area contributed by atoms with E-state index in [1.165, 1.54) is 0 Å². The Morgan fingerprint density at radius 2 is 1.95 bits per heavy atom. The lowest BCUT2D eigenvalue weighted by Crippen LogP contribution is -2.07. The molecule has 2 aromatic carbocycles. The Balaban J connectivity index is 2.18. The third kappa shape index (κ3) is 3.67. The first kappa shape index (κ1) is 15.2. The van der Waals surface area contributed by atoms with Crippen LogP contribution in [0.4, 0.5) is 5.69 Å². The van der Waals surface area contributed by atoms with Crippen LogP contribution in [0.15, 0.2) is 42.5 Å². The van der Waals surface area contributed by atoms with Gasteiger partial charge in [0, 0.05) is 16.8 Å². The summed E-state index contributed by atoms with van der Waals surface area (Å²) in [5, 5.41) is 22.6. The molecule has 1 unspecified atom stereocenters. The zero-order valence-corrected chi connectivity index (χ0v) is 12.3. The number of aliphatic hydroxyl groups excluding tert-OH is 1. The van der Waals surface area contributed by atoms with Crippen LogP contribution in [0.1, 0.15) is 31.0 Å². The zero-order chi connectivity index (χ0) is 15.2. The highest BCUT2D eigenvalue weighted by Gasteiger charge is 2.11. The van der Waals surface area contributed by atoms with Crippen LogP contribution >= 0.6 is 0 Å². The first-order chi connectivity index (χ1) is 10.2. The summed E-state index contributed by atoms with van der Waals surface area (Å²) in [6, 6.07) is 12.8. The number of rotatable bonds is 6. The van der Waals surface area contributed by atoms with Crippen molar-refractivity contribution < 1.29 is 14.9 Å². The summed E-state index contributed by atoms with van der Waals surface area (Å²) in [5.41, 5.74) is 2.45. The van der Waals surface area contributed by atoms with Crippen molar-refractivity contribution in [2.24, 2.45) is 0 Å². The highest BCUT2D eigenvalue weighted by molar-refractivity contribution is 5.53. The number of aromatic hydroxyl groups is 1. The van der Waals surface area contributed by atoms with Gasteiger partial charge in [-0.3, -0.25) is 0 Å². The lowest BCUT2D eigenvalue weighted by Gasteiger charge is -2.18. The molecule has 0 aliphatic rings. The van der Waals surface area contributed by atoms with Crippen molar-refractivity contribution in [2.75, 3.05) is 11.9 Å². The molecule has 0 heterocycles. The third-order valence-electron chi connectivity index (χ3n) is 3.32. The summed E-state index contributed by atoms with van der Waals surface area (Å²) < 4.78 is 5.46. The topological polar surface area (TPSA) is 61.7 Å². The normalized spacial score (nSPS) is 12.0.